The van der Waals surface area contributed by atoms with E-state index < -0.39 is 17.2 Å². The van der Waals surface area contributed by atoms with E-state index in [0.29, 0.717) is 17.1 Å². The molecule has 1 heterocycles. The number of hydrogen-bond acceptors (Lipinski definition) is 4. The number of rotatable bonds is 5. The molecular weight excluding hydrogens is 390 g/mol. The van der Waals surface area contributed by atoms with E-state index in [-0.39, 0.29) is 6.61 Å². The highest BCUT2D eigenvalue weighted by molar-refractivity contribution is 6.30. The number of aliphatic hydroxyl groups excluding tert-OH is 1. The predicted octanol–water partition coefficient (Wildman–Crippen LogP) is 5.26. The second-order valence-electron chi connectivity index (χ2n) is 7.97. The van der Waals surface area contributed by atoms with Crippen molar-refractivity contribution in [2.75, 3.05) is 11.5 Å². The van der Waals surface area contributed by atoms with E-state index in [9.17, 15) is 9.90 Å². The summed E-state index contributed by atoms with van der Waals surface area (Å²) in [6.45, 7) is 7.08. The number of hydrogen-bond donors (Lipinski definition) is 2. The fourth-order valence-electron chi connectivity index (χ4n) is 3.48. The zero-order chi connectivity index (χ0) is 21.2. The zero-order valence-corrected chi connectivity index (χ0v) is 17.8. The van der Waals surface area contributed by atoms with E-state index in [1.807, 2.05) is 58.0 Å². The van der Waals surface area contributed by atoms with E-state index in [2.05, 4.69) is 10.2 Å². The molecular formula is C22H26ClN3O3. The van der Waals surface area contributed by atoms with Crippen molar-refractivity contribution in [3.8, 4) is 0 Å². The number of fused-ring (bicyclic) bond motifs is 1. The maximum atomic E-state index is 13.5. The number of carbonyl (C=O) groups is 1. The first-order valence-electron chi connectivity index (χ1n) is 9.54. The van der Waals surface area contributed by atoms with Gasteiger partial charge in [0.25, 0.3) is 0 Å². The molecule has 7 heteroatoms. The van der Waals surface area contributed by atoms with E-state index in [0.717, 1.165) is 16.5 Å². The fraction of sp³-hybridized carbons (Fsp3) is 0.364. The number of halogens is 1. The Labute approximate surface area is 175 Å². The summed E-state index contributed by atoms with van der Waals surface area (Å²) in [4.78, 5) is 15.0. The molecule has 0 aliphatic heterocycles. The maximum absolute atomic E-state index is 13.5. The van der Waals surface area contributed by atoms with Crippen LogP contribution in [0.2, 0.25) is 5.02 Å². The lowest BCUT2D eigenvalue weighted by molar-refractivity contribution is 0.0491. The molecule has 3 rings (SSSR count). The Kier molecular flexibility index (Phi) is 5.87. The summed E-state index contributed by atoms with van der Waals surface area (Å²) in [5.74, 6) is 0. The summed E-state index contributed by atoms with van der Waals surface area (Å²) < 4.78 is 5.75. The summed E-state index contributed by atoms with van der Waals surface area (Å²) in [6.07, 6.45) is 1.58. The molecule has 1 unspecified atom stereocenters. The van der Waals surface area contributed by atoms with Crippen LogP contribution in [0.1, 0.15) is 39.7 Å². The third-order valence-electron chi connectivity index (χ3n) is 4.93. The Morgan fingerprint density at radius 2 is 1.90 bits per heavy atom. The van der Waals surface area contributed by atoms with Crippen LogP contribution in [-0.4, -0.2) is 33.6 Å². The number of aromatic nitrogens is 2. The monoisotopic (exact) mass is 415 g/mol. The molecule has 0 saturated carbocycles. The molecule has 0 aliphatic rings. The molecule has 0 saturated heterocycles. The number of carbonyl (C=O) groups excluding carboxylic acids is 1. The number of benzene rings is 2. The highest BCUT2D eigenvalue weighted by Gasteiger charge is 2.43. The van der Waals surface area contributed by atoms with E-state index >= 15 is 0 Å². The standard InChI is InChI=1S/C22H26ClN3O3/c1-5-22(14-27,15-9-11-16(23)12-10-15)26(20(28)29-21(2,3)4)19-8-6-7-18-17(19)13-24-25-18/h6-13,27H,5,14H2,1-4H3,(H,24,25). The number of amides is 1. The van der Waals surface area contributed by atoms with Gasteiger partial charge in [0.15, 0.2) is 0 Å². The quantitative estimate of drug-likeness (QED) is 0.596. The molecule has 2 aromatic carbocycles. The van der Waals surface area contributed by atoms with Crippen LogP contribution in [0.3, 0.4) is 0 Å². The predicted molar refractivity (Wildman–Crippen MR) is 115 cm³/mol. The second-order valence-corrected chi connectivity index (χ2v) is 8.41. The summed E-state index contributed by atoms with van der Waals surface area (Å²) in [7, 11) is 0. The van der Waals surface area contributed by atoms with E-state index in [4.69, 9.17) is 16.3 Å². The Balaban J connectivity index is 2.26. The summed E-state index contributed by atoms with van der Waals surface area (Å²) in [5.41, 5.74) is 0.414. The molecule has 0 radical (unpaired) electrons. The van der Waals surface area contributed by atoms with Gasteiger partial charge in [-0.2, -0.15) is 5.10 Å². The Morgan fingerprint density at radius 3 is 2.48 bits per heavy atom. The Morgan fingerprint density at radius 1 is 1.21 bits per heavy atom. The van der Waals surface area contributed by atoms with Crippen molar-refractivity contribution in [2.45, 2.75) is 45.3 Å². The molecule has 1 amide bonds. The molecule has 2 N–H and O–H groups in total. The van der Waals surface area contributed by atoms with Crippen molar-refractivity contribution >= 4 is 34.3 Å². The van der Waals surface area contributed by atoms with Gasteiger partial charge in [0, 0.05) is 10.4 Å². The topological polar surface area (TPSA) is 78.5 Å². The van der Waals surface area contributed by atoms with Crippen LogP contribution in [-0.2, 0) is 10.3 Å². The van der Waals surface area contributed by atoms with Crippen molar-refractivity contribution in [3.05, 3.63) is 59.2 Å². The largest absolute Gasteiger partial charge is 0.443 e. The van der Waals surface area contributed by atoms with Gasteiger partial charge in [-0.1, -0.05) is 36.7 Å². The molecule has 154 valence electrons. The lowest BCUT2D eigenvalue weighted by Crippen LogP contribution is -2.53. The minimum Gasteiger partial charge on any atom is -0.443 e. The van der Waals surface area contributed by atoms with Gasteiger partial charge in [0.2, 0.25) is 0 Å². The summed E-state index contributed by atoms with van der Waals surface area (Å²) >= 11 is 6.08. The van der Waals surface area contributed by atoms with Gasteiger partial charge in [-0.05, 0) is 57.0 Å². The molecule has 0 fully saturated rings. The summed E-state index contributed by atoms with van der Waals surface area (Å²) in [5, 5.41) is 19.0. The first kappa shape index (κ1) is 21.1. The van der Waals surface area contributed by atoms with Crippen molar-refractivity contribution < 1.29 is 14.6 Å². The number of aliphatic hydroxyl groups is 1. The van der Waals surface area contributed by atoms with Crippen LogP contribution in [0, 0.1) is 0 Å². The summed E-state index contributed by atoms with van der Waals surface area (Å²) in [6, 6.07) is 12.7. The van der Waals surface area contributed by atoms with Gasteiger partial charge < -0.3 is 9.84 Å². The third-order valence-corrected chi connectivity index (χ3v) is 5.19. The van der Waals surface area contributed by atoms with Crippen LogP contribution in [0.4, 0.5) is 10.5 Å². The normalized spacial score (nSPS) is 13.9. The first-order valence-corrected chi connectivity index (χ1v) is 9.92. The Bertz CT molecular complexity index is 988. The van der Waals surface area contributed by atoms with Gasteiger partial charge in [0.05, 0.1) is 29.5 Å². The van der Waals surface area contributed by atoms with Gasteiger partial charge in [-0.3, -0.25) is 10.00 Å². The molecule has 0 bridgehead atoms. The fourth-order valence-corrected chi connectivity index (χ4v) is 3.61. The highest BCUT2D eigenvalue weighted by atomic mass is 35.5. The lowest BCUT2D eigenvalue weighted by Gasteiger charge is -2.43. The molecule has 0 spiro atoms. The average molecular weight is 416 g/mol. The minimum absolute atomic E-state index is 0.293. The third kappa shape index (κ3) is 4.09. The van der Waals surface area contributed by atoms with Crippen molar-refractivity contribution in [3.63, 3.8) is 0 Å². The molecule has 29 heavy (non-hydrogen) atoms. The van der Waals surface area contributed by atoms with Crippen LogP contribution in [0.15, 0.2) is 48.7 Å². The minimum atomic E-state index is -1.04. The van der Waals surface area contributed by atoms with Crippen LogP contribution in [0.25, 0.3) is 10.9 Å². The maximum Gasteiger partial charge on any atom is 0.415 e. The van der Waals surface area contributed by atoms with Crippen LogP contribution in [0.5, 0.6) is 0 Å². The number of aromatic amines is 1. The Hall–Kier alpha value is -2.57. The van der Waals surface area contributed by atoms with Gasteiger partial charge >= 0.3 is 6.09 Å². The molecule has 3 aromatic rings. The van der Waals surface area contributed by atoms with Gasteiger partial charge in [0.1, 0.15) is 5.60 Å². The second kappa shape index (κ2) is 8.05. The average Bonchev–Trinajstić information content (AvgIpc) is 3.15. The van der Waals surface area contributed by atoms with E-state index in [1.54, 1.807) is 23.2 Å². The smallest absolute Gasteiger partial charge is 0.415 e. The first-order chi connectivity index (χ1) is 13.7. The highest BCUT2D eigenvalue weighted by Crippen LogP contribution is 2.40. The SMILES string of the molecule is CCC(CO)(c1ccc(Cl)cc1)N(C(=O)OC(C)(C)C)c1cccc2[nH]ncc12. The van der Waals surface area contributed by atoms with Gasteiger partial charge in [-0.15, -0.1) is 0 Å². The molecule has 0 aliphatic carbocycles. The van der Waals surface area contributed by atoms with Crippen molar-refractivity contribution in [2.24, 2.45) is 0 Å². The number of nitrogens with one attached hydrogen (secondary N) is 1. The zero-order valence-electron chi connectivity index (χ0n) is 17.1. The van der Waals surface area contributed by atoms with Crippen LogP contribution >= 0.6 is 11.6 Å². The van der Waals surface area contributed by atoms with E-state index in [1.165, 1.54) is 0 Å². The van der Waals surface area contributed by atoms with Crippen molar-refractivity contribution in [1.29, 1.82) is 0 Å². The molecule has 1 atom stereocenters. The lowest BCUT2D eigenvalue weighted by atomic mass is 9.85. The van der Waals surface area contributed by atoms with Gasteiger partial charge in [-0.25, -0.2) is 4.79 Å². The van der Waals surface area contributed by atoms with Crippen molar-refractivity contribution in [1.82, 2.24) is 10.2 Å². The number of ether oxygens (including phenoxy) is 1. The molecule has 6 nitrogen and oxygen atoms in total. The molecule has 1 aromatic heterocycles. The number of nitrogens with zero attached hydrogens (tertiary/aromatic N) is 2. The number of H-pyrrole nitrogens is 1. The number of anilines is 1. The van der Waals surface area contributed by atoms with Crippen LogP contribution < -0.4 is 4.90 Å².